The van der Waals surface area contributed by atoms with Crippen molar-refractivity contribution in [1.82, 2.24) is 9.97 Å². The van der Waals surface area contributed by atoms with Gasteiger partial charge in [0.1, 0.15) is 5.69 Å². The van der Waals surface area contributed by atoms with E-state index < -0.39 is 0 Å². The number of carbonyl (C=O) groups is 2. The number of aromatic amines is 1. The predicted octanol–water partition coefficient (Wildman–Crippen LogP) is 4.83. The van der Waals surface area contributed by atoms with Crippen molar-refractivity contribution in [1.29, 1.82) is 0 Å². The van der Waals surface area contributed by atoms with Crippen molar-refractivity contribution in [3.05, 3.63) is 57.2 Å². The molecule has 0 radical (unpaired) electrons. The molecule has 2 N–H and O–H groups in total. The van der Waals surface area contributed by atoms with Crippen molar-refractivity contribution < 1.29 is 9.59 Å². The Kier molecular flexibility index (Phi) is 4.44. The van der Waals surface area contributed by atoms with Crippen molar-refractivity contribution in [3.8, 4) is 11.3 Å². The summed E-state index contributed by atoms with van der Waals surface area (Å²) in [5.74, 6) is -0.133. The molecule has 0 aliphatic heterocycles. The van der Waals surface area contributed by atoms with Crippen LogP contribution in [0.25, 0.3) is 11.3 Å². The topological polar surface area (TPSA) is 74.8 Å². The van der Waals surface area contributed by atoms with Crippen LogP contribution in [-0.4, -0.2) is 21.7 Å². The highest BCUT2D eigenvalue weighted by atomic mass is 32.1. The molecule has 0 unspecified atom stereocenters. The van der Waals surface area contributed by atoms with E-state index in [0.29, 0.717) is 22.8 Å². The molecule has 2 aromatic heterocycles. The Labute approximate surface area is 161 Å². The maximum atomic E-state index is 12.7. The first-order valence-corrected chi connectivity index (χ1v) is 9.91. The zero-order chi connectivity index (χ0) is 19.1. The Bertz CT molecular complexity index is 1060. The summed E-state index contributed by atoms with van der Waals surface area (Å²) in [4.78, 5) is 32.6. The molecule has 4 rings (SSSR count). The summed E-state index contributed by atoms with van der Waals surface area (Å²) < 4.78 is 0. The number of H-pyrrole nitrogens is 1. The Balaban J connectivity index is 1.57. The fourth-order valence-electron chi connectivity index (χ4n) is 3.53. The second-order valence-electron chi connectivity index (χ2n) is 7.05. The van der Waals surface area contributed by atoms with Crippen LogP contribution < -0.4 is 5.32 Å². The minimum atomic E-state index is -0.254. The minimum Gasteiger partial charge on any atom is -0.354 e. The number of hydrogen-bond acceptors (Lipinski definition) is 4. The van der Waals surface area contributed by atoms with Gasteiger partial charge in [-0.2, -0.15) is 0 Å². The first kappa shape index (κ1) is 17.7. The molecule has 2 heterocycles. The Hall–Kier alpha value is -2.73. The van der Waals surface area contributed by atoms with E-state index in [2.05, 4.69) is 41.3 Å². The third-order valence-electron chi connectivity index (χ3n) is 5.19. The number of carbonyl (C=O) groups excluding carboxylic acids is 2. The first-order valence-electron chi connectivity index (χ1n) is 9.03. The monoisotopic (exact) mass is 379 g/mol. The molecule has 3 aromatic rings. The molecule has 138 valence electrons. The highest BCUT2D eigenvalue weighted by Crippen LogP contribution is 2.29. The number of benzene rings is 1. The number of aromatic nitrogens is 2. The lowest BCUT2D eigenvalue weighted by molar-refractivity contribution is 0.0971. The highest BCUT2D eigenvalue weighted by Gasteiger charge is 2.26. The van der Waals surface area contributed by atoms with E-state index in [4.69, 9.17) is 0 Å². The van der Waals surface area contributed by atoms with E-state index in [1.165, 1.54) is 22.5 Å². The fourth-order valence-corrected chi connectivity index (χ4v) is 4.24. The Morgan fingerprint density at radius 2 is 2.00 bits per heavy atom. The van der Waals surface area contributed by atoms with Crippen molar-refractivity contribution in [2.24, 2.45) is 0 Å². The van der Waals surface area contributed by atoms with Crippen LogP contribution in [0.4, 0.5) is 5.13 Å². The quantitative estimate of drug-likeness (QED) is 0.684. The van der Waals surface area contributed by atoms with Gasteiger partial charge in [0, 0.05) is 28.6 Å². The zero-order valence-electron chi connectivity index (χ0n) is 15.6. The van der Waals surface area contributed by atoms with E-state index >= 15 is 0 Å². The summed E-state index contributed by atoms with van der Waals surface area (Å²) in [6.07, 6.45) is 2.20. The van der Waals surface area contributed by atoms with Crippen molar-refractivity contribution in [3.63, 3.8) is 0 Å². The molecular weight excluding hydrogens is 358 g/mol. The third-order valence-corrected chi connectivity index (χ3v) is 5.95. The Morgan fingerprint density at radius 3 is 2.74 bits per heavy atom. The number of fused-ring (bicyclic) bond motifs is 1. The minimum absolute atomic E-state index is 0.121. The molecule has 27 heavy (non-hydrogen) atoms. The molecule has 1 aliphatic carbocycles. The molecule has 0 bridgehead atoms. The summed E-state index contributed by atoms with van der Waals surface area (Å²) in [6.45, 7) is 5.98. The van der Waals surface area contributed by atoms with Gasteiger partial charge in [0.2, 0.25) is 0 Å². The number of aryl methyl sites for hydroxylation is 3. The average molecular weight is 379 g/mol. The molecule has 1 aromatic carbocycles. The van der Waals surface area contributed by atoms with Crippen LogP contribution in [-0.2, 0) is 6.42 Å². The van der Waals surface area contributed by atoms with Gasteiger partial charge in [-0.3, -0.25) is 14.9 Å². The van der Waals surface area contributed by atoms with Gasteiger partial charge in [-0.15, -0.1) is 11.3 Å². The van der Waals surface area contributed by atoms with Crippen LogP contribution in [0, 0.1) is 20.8 Å². The average Bonchev–Trinajstić information content (AvgIpc) is 3.23. The SMILES string of the molecule is Cc1ccc(-c2csc(NC(=O)c3[nH]c4c(c3C)C(=O)CCC4)n2)cc1C. The van der Waals surface area contributed by atoms with E-state index in [1.54, 1.807) is 0 Å². The van der Waals surface area contributed by atoms with Gasteiger partial charge in [-0.1, -0.05) is 12.1 Å². The van der Waals surface area contributed by atoms with E-state index in [9.17, 15) is 9.59 Å². The molecule has 0 fully saturated rings. The largest absolute Gasteiger partial charge is 0.354 e. The number of anilines is 1. The molecule has 0 spiro atoms. The zero-order valence-corrected chi connectivity index (χ0v) is 16.4. The lowest BCUT2D eigenvalue weighted by Crippen LogP contribution is -2.13. The van der Waals surface area contributed by atoms with Crippen LogP contribution in [0.15, 0.2) is 23.6 Å². The maximum Gasteiger partial charge on any atom is 0.274 e. The number of nitrogens with zero attached hydrogens (tertiary/aromatic N) is 1. The third kappa shape index (κ3) is 3.21. The van der Waals surface area contributed by atoms with Gasteiger partial charge < -0.3 is 4.98 Å². The molecular formula is C21H21N3O2S. The second-order valence-corrected chi connectivity index (χ2v) is 7.90. The smallest absolute Gasteiger partial charge is 0.274 e. The summed E-state index contributed by atoms with van der Waals surface area (Å²) in [6, 6.07) is 6.22. The van der Waals surface area contributed by atoms with Gasteiger partial charge >= 0.3 is 0 Å². The van der Waals surface area contributed by atoms with Crippen LogP contribution in [0.5, 0.6) is 0 Å². The molecule has 0 atom stereocenters. The number of ketones is 1. The van der Waals surface area contributed by atoms with Crippen LogP contribution >= 0.6 is 11.3 Å². The lowest BCUT2D eigenvalue weighted by Gasteiger charge is -2.09. The number of hydrogen-bond donors (Lipinski definition) is 2. The summed E-state index contributed by atoms with van der Waals surface area (Å²) in [5, 5.41) is 5.35. The molecule has 1 aliphatic rings. The molecule has 0 saturated carbocycles. The maximum absolute atomic E-state index is 12.7. The van der Waals surface area contributed by atoms with Gasteiger partial charge in [0.15, 0.2) is 10.9 Å². The second kappa shape index (κ2) is 6.78. The molecule has 5 nitrogen and oxygen atoms in total. The van der Waals surface area contributed by atoms with Gasteiger partial charge in [0.05, 0.1) is 5.69 Å². The number of amides is 1. The standard InChI is InChI=1S/C21H21N3O2S/c1-11-7-8-14(9-12(11)2)16-10-27-21(23-16)24-20(26)19-13(3)18-15(22-19)5-4-6-17(18)25/h7-10,22H,4-6H2,1-3H3,(H,23,24,26). The van der Waals surface area contributed by atoms with Crippen LogP contribution in [0.2, 0.25) is 0 Å². The number of Topliss-reactive ketones (excluding diaryl/α,β-unsaturated/α-hetero) is 1. The van der Waals surface area contributed by atoms with Gasteiger partial charge in [-0.05, 0) is 56.4 Å². The van der Waals surface area contributed by atoms with E-state index in [0.717, 1.165) is 35.4 Å². The summed E-state index contributed by atoms with van der Waals surface area (Å²) >= 11 is 1.39. The first-order chi connectivity index (χ1) is 12.9. The fraction of sp³-hybridized carbons (Fsp3) is 0.286. The van der Waals surface area contributed by atoms with Crippen molar-refractivity contribution in [2.45, 2.75) is 40.0 Å². The molecule has 6 heteroatoms. The van der Waals surface area contributed by atoms with E-state index in [-0.39, 0.29) is 11.7 Å². The van der Waals surface area contributed by atoms with Crippen molar-refractivity contribution >= 4 is 28.2 Å². The number of thiazole rings is 1. The van der Waals surface area contributed by atoms with Crippen LogP contribution in [0.3, 0.4) is 0 Å². The van der Waals surface area contributed by atoms with E-state index in [1.807, 2.05) is 18.4 Å². The van der Waals surface area contributed by atoms with Gasteiger partial charge in [-0.25, -0.2) is 4.98 Å². The molecule has 0 saturated heterocycles. The number of nitrogens with one attached hydrogen (secondary N) is 2. The Morgan fingerprint density at radius 1 is 1.19 bits per heavy atom. The van der Waals surface area contributed by atoms with Crippen molar-refractivity contribution in [2.75, 3.05) is 5.32 Å². The lowest BCUT2D eigenvalue weighted by atomic mass is 9.94. The molecule has 1 amide bonds. The normalized spacial score (nSPS) is 13.5. The number of rotatable bonds is 3. The highest BCUT2D eigenvalue weighted by molar-refractivity contribution is 7.14. The predicted molar refractivity (Wildman–Crippen MR) is 108 cm³/mol. The summed E-state index contributed by atoms with van der Waals surface area (Å²) in [5.41, 5.74) is 7.09. The summed E-state index contributed by atoms with van der Waals surface area (Å²) in [7, 11) is 0. The van der Waals surface area contributed by atoms with Crippen LogP contribution in [0.1, 0.15) is 56.1 Å². The van der Waals surface area contributed by atoms with Gasteiger partial charge in [0.25, 0.3) is 5.91 Å².